The van der Waals surface area contributed by atoms with Gasteiger partial charge in [-0.05, 0) is 24.7 Å². The number of hydrogen-bond donors (Lipinski definition) is 4. The lowest BCUT2D eigenvalue weighted by molar-refractivity contribution is -0.137. The first kappa shape index (κ1) is 16.3. The number of aliphatic carboxylic acids is 1. The van der Waals surface area contributed by atoms with Crippen molar-refractivity contribution in [3.63, 3.8) is 0 Å². The Balaban J connectivity index is 2.24. The van der Waals surface area contributed by atoms with Crippen LogP contribution >= 0.6 is 0 Å². The van der Waals surface area contributed by atoms with E-state index < -0.39 is 18.4 Å². The summed E-state index contributed by atoms with van der Waals surface area (Å²) in [7, 11) is 0. The lowest BCUT2D eigenvalue weighted by Crippen LogP contribution is -2.47. The van der Waals surface area contributed by atoms with Gasteiger partial charge in [0.05, 0.1) is 6.54 Å². The maximum atomic E-state index is 11.7. The van der Waals surface area contributed by atoms with Crippen LogP contribution in [0.5, 0.6) is 0 Å². The second-order valence-electron chi connectivity index (χ2n) is 5.21. The van der Waals surface area contributed by atoms with E-state index in [1.807, 2.05) is 0 Å². The lowest BCUT2D eigenvalue weighted by Gasteiger charge is -2.21. The molecule has 0 aromatic rings. The van der Waals surface area contributed by atoms with Crippen LogP contribution < -0.4 is 16.0 Å². The van der Waals surface area contributed by atoms with E-state index in [0.29, 0.717) is 11.8 Å². The average molecular weight is 285 g/mol. The van der Waals surface area contributed by atoms with Crippen LogP contribution in [0.3, 0.4) is 0 Å². The molecule has 0 spiro atoms. The Bertz CT molecular complexity index is 373. The van der Waals surface area contributed by atoms with Crippen molar-refractivity contribution in [2.24, 2.45) is 11.8 Å². The molecular formula is C13H23N3O4. The fraction of sp³-hybridized carbons (Fsp3) is 0.769. The maximum absolute atomic E-state index is 11.7. The highest BCUT2D eigenvalue weighted by molar-refractivity contribution is 5.86. The summed E-state index contributed by atoms with van der Waals surface area (Å²) in [6.07, 6.45) is 3.18. The van der Waals surface area contributed by atoms with Gasteiger partial charge in [-0.15, -0.1) is 0 Å². The van der Waals surface area contributed by atoms with Crippen LogP contribution in [0.1, 0.15) is 33.1 Å². The predicted octanol–water partition coefficient (Wildman–Crippen LogP) is 0.311. The van der Waals surface area contributed by atoms with Gasteiger partial charge in [0.15, 0.2) is 0 Å². The van der Waals surface area contributed by atoms with E-state index >= 15 is 0 Å². The zero-order valence-corrected chi connectivity index (χ0v) is 11.9. The highest BCUT2D eigenvalue weighted by atomic mass is 16.4. The van der Waals surface area contributed by atoms with E-state index in [9.17, 15) is 14.4 Å². The molecule has 0 heterocycles. The van der Waals surface area contributed by atoms with Crippen molar-refractivity contribution >= 4 is 17.9 Å². The standard InChI is InChI=1S/C13H23N3O4/c1-3-9-4-5-10(8(9)2)16-13(20)15-6-11(17)14-7-12(18)19/h8-10H,3-7H2,1-2H3,(H,14,17)(H,18,19)(H2,15,16,20). The summed E-state index contributed by atoms with van der Waals surface area (Å²) in [5, 5.41) is 15.9. The summed E-state index contributed by atoms with van der Waals surface area (Å²) in [6, 6.07) is -0.244. The minimum absolute atomic E-state index is 0.141. The summed E-state index contributed by atoms with van der Waals surface area (Å²) in [4.78, 5) is 33.2. The fourth-order valence-electron chi connectivity index (χ4n) is 2.64. The molecule has 3 atom stereocenters. The molecular weight excluding hydrogens is 262 g/mol. The molecule has 20 heavy (non-hydrogen) atoms. The van der Waals surface area contributed by atoms with Crippen molar-refractivity contribution in [1.29, 1.82) is 0 Å². The Kier molecular flexibility index (Phi) is 6.27. The third kappa shape index (κ3) is 5.07. The van der Waals surface area contributed by atoms with Gasteiger partial charge in [-0.1, -0.05) is 20.3 Å². The molecule has 114 valence electrons. The van der Waals surface area contributed by atoms with Crippen molar-refractivity contribution in [2.75, 3.05) is 13.1 Å². The number of carbonyl (C=O) groups is 3. The van der Waals surface area contributed by atoms with E-state index in [4.69, 9.17) is 5.11 Å². The molecule has 0 radical (unpaired) electrons. The van der Waals surface area contributed by atoms with Gasteiger partial charge in [0, 0.05) is 6.04 Å². The molecule has 0 aromatic heterocycles. The number of carboxylic acids is 1. The second-order valence-corrected chi connectivity index (χ2v) is 5.21. The molecule has 7 heteroatoms. The van der Waals surface area contributed by atoms with Gasteiger partial charge in [0.25, 0.3) is 0 Å². The number of urea groups is 1. The topological polar surface area (TPSA) is 108 Å². The molecule has 0 aliphatic heterocycles. The SMILES string of the molecule is CCC1CCC(NC(=O)NCC(=O)NCC(=O)O)C1C. The van der Waals surface area contributed by atoms with E-state index in [-0.39, 0.29) is 18.6 Å². The average Bonchev–Trinajstić information content (AvgIpc) is 2.75. The number of hydrogen-bond acceptors (Lipinski definition) is 3. The molecule has 3 amide bonds. The number of nitrogens with one attached hydrogen (secondary N) is 3. The number of rotatable bonds is 6. The maximum Gasteiger partial charge on any atom is 0.322 e. The third-order valence-corrected chi connectivity index (χ3v) is 3.91. The first-order chi connectivity index (χ1) is 9.43. The summed E-state index contributed by atoms with van der Waals surface area (Å²) in [5.41, 5.74) is 0. The first-order valence-corrected chi connectivity index (χ1v) is 6.96. The lowest BCUT2D eigenvalue weighted by atomic mass is 9.94. The molecule has 0 saturated heterocycles. The number of amides is 3. The van der Waals surface area contributed by atoms with E-state index in [1.165, 1.54) is 0 Å². The van der Waals surface area contributed by atoms with Crippen molar-refractivity contribution in [3.8, 4) is 0 Å². The molecule has 0 bridgehead atoms. The second kappa shape index (κ2) is 7.72. The van der Waals surface area contributed by atoms with Crippen molar-refractivity contribution < 1.29 is 19.5 Å². The molecule has 7 nitrogen and oxygen atoms in total. The van der Waals surface area contributed by atoms with Crippen molar-refractivity contribution in [2.45, 2.75) is 39.2 Å². The zero-order valence-electron chi connectivity index (χ0n) is 11.9. The van der Waals surface area contributed by atoms with E-state index in [1.54, 1.807) is 0 Å². The minimum Gasteiger partial charge on any atom is -0.480 e. The summed E-state index contributed by atoms with van der Waals surface area (Å²) in [6.45, 7) is 3.61. The van der Waals surface area contributed by atoms with Gasteiger partial charge < -0.3 is 21.1 Å². The highest BCUT2D eigenvalue weighted by Crippen LogP contribution is 2.33. The molecule has 3 unspecified atom stereocenters. The smallest absolute Gasteiger partial charge is 0.322 e. The first-order valence-electron chi connectivity index (χ1n) is 6.96. The molecule has 1 fully saturated rings. The van der Waals surface area contributed by atoms with Crippen LogP contribution in [0.25, 0.3) is 0 Å². The summed E-state index contributed by atoms with van der Waals surface area (Å²) >= 11 is 0. The molecule has 0 aromatic carbocycles. The Hall–Kier alpha value is -1.79. The molecule has 1 aliphatic rings. The Labute approximate surface area is 118 Å². The molecule has 1 rings (SSSR count). The summed E-state index contributed by atoms with van der Waals surface area (Å²) in [5.74, 6) is -0.563. The van der Waals surface area contributed by atoms with Crippen LogP contribution in [-0.2, 0) is 9.59 Å². The van der Waals surface area contributed by atoms with Gasteiger partial charge in [-0.2, -0.15) is 0 Å². The highest BCUT2D eigenvalue weighted by Gasteiger charge is 2.32. The largest absolute Gasteiger partial charge is 0.480 e. The van der Waals surface area contributed by atoms with E-state index in [2.05, 4.69) is 29.8 Å². The molecule has 4 N–H and O–H groups in total. The van der Waals surface area contributed by atoms with Crippen LogP contribution in [0.15, 0.2) is 0 Å². The quantitative estimate of drug-likeness (QED) is 0.563. The monoisotopic (exact) mass is 285 g/mol. The number of carboxylic acid groups (broad SMARTS) is 1. The summed E-state index contributed by atoms with van der Waals surface area (Å²) < 4.78 is 0. The van der Waals surface area contributed by atoms with Gasteiger partial charge in [-0.25, -0.2) is 4.79 Å². The van der Waals surface area contributed by atoms with Gasteiger partial charge >= 0.3 is 12.0 Å². The fourth-order valence-corrected chi connectivity index (χ4v) is 2.64. The Morgan fingerprint density at radius 1 is 1.15 bits per heavy atom. The minimum atomic E-state index is -1.12. The van der Waals surface area contributed by atoms with Crippen molar-refractivity contribution in [3.05, 3.63) is 0 Å². The van der Waals surface area contributed by atoms with E-state index in [0.717, 1.165) is 19.3 Å². The van der Waals surface area contributed by atoms with Crippen LogP contribution in [0, 0.1) is 11.8 Å². The van der Waals surface area contributed by atoms with Crippen LogP contribution in [0.2, 0.25) is 0 Å². The number of carbonyl (C=O) groups excluding carboxylic acids is 2. The molecule has 1 saturated carbocycles. The van der Waals surface area contributed by atoms with Gasteiger partial charge in [0.2, 0.25) is 5.91 Å². The van der Waals surface area contributed by atoms with Crippen LogP contribution in [0.4, 0.5) is 4.79 Å². The normalized spacial score (nSPS) is 25.0. The third-order valence-electron chi connectivity index (χ3n) is 3.91. The Morgan fingerprint density at radius 3 is 2.40 bits per heavy atom. The van der Waals surface area contributed by atoms with Crippen molar-refractivity contribution in [1.82, 2.24) is 16.0 Å². The molecule has 1 aliphatic carbocycles. The predicted molar refractivity (Wildman–Crippen MR) is 73.1 cm³/mol. The van der Waals surface area contributed by atoms with Crippen LogP contribution in [-0.4, -0.2) is 42.1 Å². The van der Waals surface area contributed by atoms with Gasteiger partial charge in [-0.3, -0.25) is 9.59 Å². The zero-order chi connectivity index (χ0) is 15.1. The van der Waals surface area contributed by atoms with Gasteiger partial charge in [0.1, 0.15) is 6.54 Å². The Morgan fingerprint density at radius 2 is 1.85 bits per heavy atom.